The minimum absolute atomic E-state index is 0.0831. The molecular weight excluding hydrogens is 555 g/mol. The number of hydrogen-bond acceptors (Lipinski definition) is 10. The van der Waals surface area contributed by atoms with Gasteiger partial charge in [-0.3, -0.25) is 4.57 Å². The quantitative estimate of drug-likeness (QED) is 0.141. The molecule has 0 radical (unpaired) electrons. The molecule has 0 saturated carbocycles. The SMILES string of the molecule is COCC(CO)(OC[C@H]1O[C@@H](n2ncc3c(N[C@@H](C)c4ccc(C)cc4)cc(Cl)nc32)[C@H](O)[C@@H]1O)P(=O)(O)O. The van der Waals surface area contributed by atoms with Gasteiger partial charge in [0.15, 0.2) is 11.9 Å². The Bertz CT molecular complexity index is 1340. The minimum Gasteiger partial charge on any atom is -0.393 e. The molecule has 1 fully saturated rings. The molecule has 1 unspecified atom stereocenters. The predicted octanol–water partition coefficient (Wildman–Crippen LogP) is 1.71. The monoisotopic (exact) mass is 586 g/mol. The molecule has 0 amide bonds. The number of aromatic nitrogens is 3. The maximum absolute atomic E-state index is 12.0. The topological polar surface area (TPSA) is 189 Å². The van der Waals surface area contributed by atoms with Crippen LogP contribution in [0.1, 0.15) is 30.3 Å². The molecule has 0 spiro atoms. The largest absolute Gasteiger partial charge is 0.393 e. The first-order valence-electron chi connectivity index (χ1n) is 12.1. The van der Waals surface area contributed by atoms with Gasteiger partial charge in [0.1, 0.15) is 23.5 Å². The van der Waals surface area contributed by atoms with Crippen molar-refractivity contribution < 1.29 is 43.9 Å². The lowest BCUT2D eigenvalue weighted by Gasteiger charge is -2.32. The maximum Gasteiger partial charge on any atom is 0.361 e. The second kappa shape index (κ2) is 11.8. The Hall–Kier alpha value is -2.16. The summed E-state index contributed by atoms with van der Waals surface area (Å²) < 4.78 is 29.3. The smallest absolute Gasteiger partial charge is 0.361 e. The van der Waals surface area contributed by atoms with Gasteiger partial charge >= 0.3 is 7.60 Å². The van der Waals surface area contributed by atoms with E-state index in [0.29, 0.717) is 11.1 Å². The second-order valence-corrected chi connectivity index (χ2v) is 11.8. The Morgan fingerprint density at radius 1 is 1.26 bits per heavy atom. The number of benzene rings is 1. The van der Waals surface area contributed by atoms with Crippen molar-refractivity contribution in [2.75, 3.05) is 32.2 Å². The molecule has 4 rings (SSSR count). The summed E-state index contributed by atoms with van der Waals surface area (Å²) in [6.45, 7) is 1.76. The zero-order valence-corrected chi connectivity index (χ0v) is 23.2. The van der Waals surface area contributed by atoms with Crippen molar-refractivity contribution >= 4 is 35.9 Å². The third-order valence-corrected chi connectivity index (χ3v) is 8.38. The molecule has 0 aliphatic carbocycles. The van der Waals surface area contributed by atoms with Crippen molar-refractivity contribution in [3.8, 4) is 0 Å². The number of ether oxygens (including phenoxy) is 3. The van der Waals surface area contributed by atoms with E-state index in [1.807, 2.05) is 38.1 Å². The molecular formula is C24H32ClN4O9P. The van der Waals surface area contributed by atoms with Crippen molar-refractivity contribution in [3.63, 3.8) is 0 Å². The van der Waals surface area contributed by atoms with Gasteiger partial charge in [-0.2, -0.15) is 5.10 Å². The van der Waals surface area contributed by atoms with Crippen LogP contribution in [0.2, 0.25) is 5.15 Å². The van der Waals surface area contributed by atoms with Gasteiger partial charge in [-0.15, -0.1) is 0 Å². The fraction of sp³-hybridized carbons (Fsp3) is 0.500. The van der Waals surface area contributed by atoms with Crippen LogP contribution >= 0.6 is 19.2 Å². The van der Waals surface area contributed by atoms with E-state index in [0.717, 1.165) is 11.1 Å². The number of aryl methyl sites for hydroxylation is 1. The normalized spacial score (nSPS) is 24.1. The second-order valence-electron chi connectivity index (χ2n) is 9.53. The Morgan fingerprint density at radius 2 is 1.95 bits per heavy atom. The average Bonchev–Trinajstić information content (AvgIpc) is 3.42. The lowest BCUT2D eigenvalue weighted by Crippen LogP contribution is -2.44. The van der Waals surface area contributed by atoms with Gasteiger partial charge in [0.2, 0.25) is 5.34 Å². The molecule has 1 aliphatic rings. The first kappa shape index (κ1) is 29.8. The summed E-state index contributed by atoms with van der Waals surface area (Å²) in [7, 11) is -3.81. The van der Waals surface area contributed by atoms with Crippen LogP contribution in [0.15, 0.2) is 36.5 Å². The van der Waals surface area contributed by atoms with Gasteiger partial charge in [0.05, 0.1) is 37.1 Å². The van der Waals surface area contributed by atoms with E-state index in [2.05, 4.69) is 15.4 Å². The molecule has 1 saturated heterocycles. The number of aliphatic hydroxyl groups is 3. The first-order valence-corrected chi connectivity index (χ1v) is 14.1. The first-order chi connectivity index (χ1) is 18.4. The summed E-state index contributed by atoms with van der Waals surface area (Å²) in [5.41, 5.74) is 3.12. The van der Waals surface area contributed by atoms with Crippen LogP contribution in [0.3, 0.4) is 0 Å². The highest BCUT2D eigenvalue weighted by atomic mass is 35.5. The van der Waals surface area contributed by atoms with Gasteiger partial charge in [0.25, 0.3) is 0 Å². The lowest BCUT2D eigenvalue weighted by atomic mass is 10.1. The van der Waals surface area contributed by atoms with E-state index in [4.69, 9.17) is 25.8 Å². The van der Waals surface area contributed by atoms with Gasteiger partial charge in [-0.1, -0.05) is 41.4 Å². The Morgan fingerprint density at radius 3 is 2.56 bits per heavy atom. The highest BCUT2D eigenvalue weighted by Crippen LogP contribution is 2.51. The van der Waals surface area contributed by atoms with Crippen LogP contribution in [0.4, 0.5) is 5.69 Å². The highest BCUT2D eigenvalue weighted by Gasteiger charge is 2.51. The number of methoxy groups -OCH3 is 1. The number of fused-ring (bicyclic) bond motifs is 1. The van der Waals surface area contributed by atoms with E-state index >= 15 is 0 Å². The zero-order chi connectivity index (χ0) is 28.5. The third kappa shape index (κ3) is 5.98. The molecule has 1 aliphatic heterocycles. The van der Waals surface area contributed by atoms with E-state index in [1.165, 1.54) is 18.0 Å². The summed E-state index contributed by atoms with van der Waals surface area (Å²) in [6.07, 6.45) is -3.93. The number of halogens is 1. The minimum atomic E-state index is -5.01. The summed E-state index contributed by atoms with van der Waals surface area (Å²) in [6, 6.07) is 9.65. The van der Waals surface area contributed by atoms with Crippen molar-refractivity contribution in [3.05, 3.63) is 52.8 Å². The summed E-state index contributed by atoms with van der Waals surface area (Å²) >= 11 is 6.32. The Labute approximate surface area is 229 Å². The molecule has 3 aromatic rings. The van der Waals surface area contributed by atoms with Gasteiger partial charge in [-0.05, 0) is 25.5 Å². The molecule has 13 nitrogen and oxygen atoms in total. The van der Waals surface area contributed by atoms with Crippen LogP contribution in [-0.4, -0.2) is 90.5 Å². The Balaban J connectivity index is 1.57. The molecule has 39 heavy (non-hydrogen) atoms. The molecule has 0 bridgehead atoms. The van der Waals surface area contributed by atoms with Crippen LogP contribution in [0.25, 0.3) is 11.0 Å². The molecule has 6 atom stereocenters. The molecule has 214 valence electrons. The summed E-state index contributed by atoms with van der Waals surface area (Å²) in [5, 5.41) is 37.2. The number of aliphatic hydroxyl groups excluding tert-OH is 3. The number of pyridine rings is 1. The summed E-state index contributed by atoms with van der Waals surface area (Å²) in [5.74, 6) is 0. The molecule has 1 aromatic carbocycles. The van der Waals surface area contributed by atoms with E-state index in [-0.39, 0.29) is 16.8 Å². The van der Waals surface area contributed by atoms with E-state index in [1.54, 1.807) is 6.07 Å². The third-order valence-electron chi connectivity index (χ3n) is 6.73. The van der Waals surface area contributed by atoms with E-state index < -0.39 is 57.3 Å². The van der Waals surface area contributed by atoms with Crippen molar-refractivity contribution in [1.82, 2.24) is 14.8 Å². The molecule has 2 aromatic heterocycles. The van der Waals surface area contributed by atoms with Gasteiger partial charge < -0.3 is 44.6 Å². The lowest BCUT2D eigenvalue weighted by molar-refractivity contribution is -0.125. The number of nitrogens with one attached hydrogen (secondary N) is 1. The zero-order valence-electron chi connectivity index (χ0n) is 21.5. The molecule has 3 heterocycles. The van der Waals surface area contributed by atoms with Crippen LogP contribution < -0.4 is 5.32 Å². The van der Waals surface area contributed by atoms with Crippen LogP contribution in [-0.2, 0) is 18.8 Å². The fourth-order valence-electron chi connectivity index (χ4n) is 4.39. The van der Waals surface area contributed by atoms with Gasteiger partial charge in [0, 0.05) is 13.2 Å². The summed E-state index contributed by atoms with van der Waals surface area (Å²) in [4.78, 5) is 23.8. The fourth-order valence-corrected chi connectivity index (χ4v) is 5.30. The highest BCUT2D eigenvalue weighted by molar-refractivity contribution is 7.53. The number of hydrogen-bond donors (Lipinski definition) is 6. The average molecular weight is 587 g/mol. The van der Waals surface area contributed by atoms with Crippen molar-refractivity contribution in [1.29, 1.82) is 0 Å². The van der Waals surface area contributed by atoms with Crippen LogP contribution in [0.5, 0.6) is 0 Å². The van der Waals surface area contributed by atoms with Crippen LogP contribution in [0, 0.1) is 6.92 Å². The van der Waals surface area contributed by atoms with Crippen molar-refractivity contribution in [2.45, 2.75) is 49.8 Å². The molecule has 6 N–H and O–H groups in total. The van der Waals surface area contributed by atoms with Crippen molar-refractivity contribution in [2.24, 2.45) is 0 Å². The van der Waals surface area contributed by atoms with Gasteiger partial charge in [-0.25, -0.2) is 9.67 Å². The van der Waals surface area contributed by atoms with E-state index in [9.17, 15) is 29.7 Å². The number of nitrogens with zero attached hydrogens (tertiary/aromatic N) is 3. The number of anilines is 1. The molecule has 15 heteroatoms. The Kier molecular flexibility index (Phi) is 8.98. The number of rotatable bonds is 11. The predicted molar refractivity (Wildman–Crippen MR) is 141 cm³/mol. The maximum atomic E-state index is 12.0. The standard InChI is InChI=1S/C24H32ClN4O9P/c1-13-4-6-15(7-5-13)14(2)27-17-8-19(25)28-22-16(17)9-26-29(22)23-21(32)20(31)18(38-23)10-37-24(11-30,12-36-3)39(33,34)35/h4-9,14,18,20-21,23,30-32H,10-12H2,1-3H3,(H,27,28)(H2,33,34,35)/t14-,18+,20+,21+,23+,24?/m0/s1.